The molecule has 3 fully saturated rings. The van der Waals surface area contributed by atoms with Crippen molar-refractivity contribution in [3.63, 3.8) is 0 Å². The Balaban J connectivity index is 1.57. The number of rotatable bonds is 4. The van der Waals surface area contributed by atoms with Crippen LogP contribution in [0, 0.1) is 46.3 Å². The molecule has 0 unspecified atom stereocenters. The van der Waals surface area contributed by atoms with E-state index < -0.39 is 0 Å². The summed E-state index contributed by atoms with van der Waals surface area (Å²) in [4.78, 5) is 0. The number of aliphatic hydroxyl groups is 1. The van der Waals surface area contributed by atoms with Crippen LogP contribution in [0.1, 0.15) is 86.5 Å². The van der Waals surface area contributed by atoms with Crippen molar-refractivity contribution < 1.29 is 5.11 Å². The Morgan fingerprint density at radius 3 is 2.41 bits per heavy atom. The molecule has 0 amide bonds. The van der Waals surface area contributed by atoms with Crippen LogP contribution in [0.4, 0.5) is 0 Å². The molecule has 4 aliphatic rings. The van der Waals surface area contributed by atoms with Gasteiger partial charge < -0.3 is 5.11 Å². The first-order chi connectivity index (χ1) is 13.7. The van der Waals surface area contributed by atoms with Gasteiger partial charge in [-0.15, -0.1) is 0 Å². The Hall–Kier alpha value is -0.820. The molecular weight excluding hydrogens is 352 g/mol. The molecule has 0 aromatic carbocycles. The fraction of sp³-hybridized carbons (Fsp3) is 0.786. The maximum absolute atomic E-state index is 10.2. The van der Waals surface area contributed by atoms with Gasteiger partial charge in [-0.1, -0.05) is 77.0 Å². The maximum Gasteiger partial charge on any atom is 0.0578 e. The van der Waals surface area contributed by atoms with E-state index in [1.807, 2.05) is 0 Å². The summed E-state index contributed by atoms with van der Waals surface area (Å²) in [6, 6.07) is 0. The topological polar surface area (TPSA) is 20.2 Å². The molecule has 0 aromatic rings. The van der Waals surface area contributed by atoms with Gasteiger partial charge in [0.25, 0.3) is 0 Å². The lowest BCUT2D eigenvalue weighted by Gasteiger charge is -2.55. The van der Waals surface area contributed by atoms with E-state index in [2.05, 4.69) is 65.8 Å². The highest BCUT2D eigenvalue weighted by Gasteiger charge is 2.56. The summed E-state index contributed by atoms with van der Waals surface area (Å²) in [5, 5.41) is 10.2. The van der Waals surface area contributed by atoms with E-state index in [9.17, 15) is 5.11 Å². The third-order valence-electron chi connectivity index (χ3n) is 10.0. The first kappa shape index (κ1) is 21.4. The fourth-order valence-electron chi connectivity index (χ4n) is 7.59. The molecule has 1 nitrogen and oxygen atoms in total. The van der Waals surface area contributed by atoms with Gasteiger partial charge in [-0.25, -0.2) is 0 Å². The van der Waals surface area contributed by atoms with E-state index >= 15 is 0 Å². The molecule has 1 N–H and O–H groups in total. The molecule has 162 valence electrons. The number of allylic oxidation sites excluding steroid dienone is 5. The van der Waals surface area contributed by atoms with Crippen LogP contribution >= 0.6 is 0 Å². The van der Waals surface area contributed by atoms with Crippen LogP contribution < -0.4 is 0 Å². The molecular formula is C28H44O. The van der Waals surface area contributed by atoms with Gasteiger partial charge in [0.1, 0.15) is 0 Å². The molecule has 0 aliphatic heterocycles. The molecule has 4 aliphatic carbocycles. The van der Waals surface area contributed by atoms with Crippen LogP contribution in [0.15, 0.2) is 35.5 Å². The molecule has 0 radical (unpaired) electrons. The molecule has 0 saturated heterocycles. The molecule has 8 atom stereocenters. The smallest absolute Gasteiger partial charge is 0.0578 e. The van der Waals surface area contributed by atoms with Crippen LogP contribution in [0.5, 0.6) is 0 Å². The van der Waals surface area contributed by atoms with Gasteiger partial charge in [0.2, 0.25) is 0 Å². The van der Waals surface area contributed by atoms with Gasteiger partial charge in [0, 0.05) is 0 Å². The number of hydrogen-bond donors (Lipinski definition) is 1. The molecule has 29 heavy (non-hydrogen) atoms. The summed E-state index contributed by atoms with van der Waals surface area (Å²) in [6.45, 7) is 14.6. The second-order valence-corrected chi connectivity index (χ2v) is 11.9. The highest BCUT2D eigenvalue weighted by atomic mass is 16.3. The zero-order chi connectivity index (χ0) is 21.0. The van der Waals surface area contributed by atoms with Crippen molar-refractivity contribution in [2.75, 3.05) is 0 Å². The minimum absolute atomic E-state index is 0.116. The SMILES string of the molecule is CC(C)[C@H](C)C=C[C@@H](C)[C@H]1CC[C@H]2C3=CC=C4C[C@@H](O)CC[C@]4(C)[C@H]3CC[C@]12C. The third kappa shape index (κ3) is 3.50. The normalized spacial score (nSPS) is 44.0. The second-order valence-electron chi connectivity index (χ2n) is 11.9. The zero-order valence-electron chi connectivity index (χ0n) is 19.7. The maximum atomic E-state index is 10.2. The van der Waals surface area contributed by atoms with Crippen LogP contribution in [-0.2, 0) is 0 Å². The van der Waals surface area contributed by atoms with Crippen LogP contribution in [0.2, 0.25) is 0 Å². The second kappa shape index (κ2) is 7.70. The van der Waals surface area contributed by atoms with Gasteiger partial charge in [-0.3, -0.25) is 0 Å². The summed E-state index contributed by atoms with van der Waals surface area (Å²) in [7, 11) is 0. The molecule has 0 heterocycles. The monoisotopic (exact) mass is 396 g/mol. The summed E-state index contributed by atoms with van der Waals surface area (Å²) in [6.07, 6.45) is 18.4. The summed E-state index contributed by atoms with van der Waals surface area (Å²) < 4.78 is 0. The molecule has 4 rings (SSSR count). The van der Waals surface area contributed by atoms with E-state index in [0.29, 0.717) is 22.7 Å². The lowest BCUT2D eigenvalue weighted by atomic mass is 9.50. The molecule has 3 saturated carbocycles. The molecule has 0 spiro atoms. The predicted molar refractivity (Wildman–Crippen MR) is 123 cm³/mol. The van der Waals surface area contributed by atoms with Gasteiger partial charge in [0.05, 0.1) is 6.10 Å². The summed E-state index contributed by atoms with van der Waals surface area (Å²) >= 11 is 0. The average Bonchev–Trinajstić information content (AvgIpc) is 3.03. The predicted octanol–water partition coefficient (Wildman–Crippen LogP) is 7.33. The largest absolute Gasteiger partial charge is 0.393 e. The average molecular weight is 397 g/mol. The quantitative estimate of drug-likeness (QED) is 0.493. The van der Waals surface area contributed by atoms with Gasteiger partial charge in [-0.2, -0.15) is 0 Å². The van der Waals surface area contributed by atoms with Gasteiger partial charge in [-0.05, 0) is 91.3 Å². The zero-order valence-corrected chi connectivity index (χ0v) is 19.7. The Kier molecular flexibility index (Phi) is 5.69. The van der Waals surface area contributed by atoms with Crippen molar-refractivity contribution in [1.82, 2.24) is 0 Å². The molecule has 0 bridgehead atoms. The van der Waals surface area contributed by atoms with Crippen molar-refractivity contribution in [2.24, 2.45) is 46.3 Å². The Morgan fingerprint density at radius 2 is 1.69 bits per heavy atom. The van der Waals surface area contributed by atoms with Crippen molar-refractivity contribution >= 4 is 0 Å². The van der Waals surface area contributed by atoms with Gasteiger partial charge >= 0.3 is 0 Å². The minimum atomic E-state index is -0.116. The molecule has 1 heteroatoms. The Bertz CT molecular complexity index is 712. The molecule has 0 aromatic heterocycles. The lowest BCUT2D eigenvalue weighted by molar-refractivity contribution is 0.0382. The van der Waals surface area contributed by atoms with E-state index in [4.69, 9.17) is 0 Å². The number of aliphatic hydroxyl groups excluding tert-OH is 1. The van der Waals surface area contributed by atoms with Crippen LogP contribution in [0.3, 0.4) is 0 Å². The lowest BCUT2D eigenvalue weighted by Crippen LogP contribution is -2.46. The third-order valence-corrected chi connectivity index (χ3v) is 10.0. The van der Waals surface area contributed by atoms with Crippen LogP contribution in [0.25, 0.3) is 0 Å². The highest BCUT2D eigenvalue weighted by molar-refractivity contribution is 5.39. The van der Waals surface area contributed by atoms with Crippen molar-refractivity contribution in [2.45, 2.75) is 92.6 Å². The number of hydrogen-bond acceptors (Lipinski definition) is 1. The Labute approximate surface area is 179 Å². The van der Waals surface area contributed by atoms with Crippen molar-refractivity contribution in [1.29, 1.82) is 0 Å². The van der Waals surface area contributed by atoms with Gasteiger partial charge in [0.15, 0.2) is 0 Å². The standard InChI is InChI=1S/C28H44O/c1-18(2)19(3)7-8-20(4)24-11-12-25-23-10-9-21-17-22(29)13-15-27(21,5)26(23)14-16-28(24,25)6/h7-10,18-20,22,24-26,29H,11-17H2,1-6H3/t19-,20-,22+,24-,25+,26+,27+,28-/m1/s1. The van der Waals surface area contributed by atoms with E-state index in [0.717, 1.165) is 36.5 Å². The first-order valence-electron chi connectivity index (χ1n) is 12.4. The first-order valence-corrected chi connectivity index (χ1v) is 12.4. The van der Waals surface area contributed by atoms with Crippen LogP contribution in [-0.4, -0.2) is 11.2 Å². The van der Waals surface area contributed by atoms with Crippen molar-refractivity contribution in [3.05, 3.63) is 35.5 Å². The number of fused-ring (bicyclic) bond motifs is 5. The Morgan fingerprint density at radius 1 is 0.931 bits per heavy atom. The summed E-state index contributed by atoms with van der Waals surface area (Å²) in [5.41, 5.74) is 4.07. The van der Waals surface area contributed by atoms with E-state index in [1.54, 1.807) is 5.57 Å². The highest BCUT2D eigenvalue weighted by Crippen LogP contribution is 2.65. The summed E-state index contributed by atoms with van der Waals surface area (Å²) in [5.74, 6) is 4.38. The van der Waals surface area contributed by atoms with E-state index in [-0.39, 0.29) is 6.10 Å². The van der Waals surface area contributed by atoms with E-state index in [1.165, 1.54) is 37.7 Å². The minimum Gasteiger partial charge on any atom is -0.393 e. The van der Waals surface area contributed by atoms with Crippen molar-refractivity contribution in [3.8, 4) is 0 Å². The fourth-order valence-corrected chi connectivity index (χ4v) is 7.59.